The maximum absolute atomic E-state index is 10.6. The minimum absolute atomic E-state index is 0.145. The molecule has 0 unspecified atom stereocenters. The Kier molecular flexibility index (Phi) is 4.03. The maximum atomic E-state index is 10.6. The first kappa shape index (κ1) is 12.0. The van der Waals surface area contributed by atoms with Crippen LogP contribution in [0.15, 0.2) is 12.4 Å². The smallest absolute Gasteiger partial charge is 0.338 e. The molecular formula is C12H17N3O2. The van der Waals surface area contributed by atoms with E-state index in [1.807, 2.05) is 0 Å². The normalized spacial score (nSPS) is 16.9. The Labute approximate surface area is 100 Å². The number of hydrogen-bond acceptors (Lipinski definition) is 4. The van der Waals surface area contributed by atoms with Crippen LogP contribution in [0.3, 0.4) is 0 Å². The fourth-order valence-electron chi connectivity index (χ4n) is 2.04. The van der Waals surface area contributed by atoms with Crippen LogP contribution in [-0.2, 0) is 6.42 Å². The second kappa shape index (κ2) is 5.72. The highest BCUT2D eigenvalue weighted by Gasteiger charge is 2.10. The zero-order chi connectivity index (χ0) is 12.1. The molecular weight excluding hydrogens is 218 g/mol. The molecule has 2 rings (SSSR count). The van der Waals surface area contributed by atoms with E-state index in [0.29, 0.717) is 0 Å². The third-order valence-electron chi connectivity index (χ3n) is 3.05. The van der Waals surface area contributed by atoms with Crippen molar-refractivity contribution in [3.05, 3.63) is 23.8 Å². The van der Waals surface area contributed by atoms with Gasteiger partial charge in [-0.3, -0.25) is 0 Å². The van der Waals surface area contributed by atoms with Gasteiger partial charge in [-0.25, -0.2) is 14.8 Å². The van der Waals surface area contributed by atoms with Gasteiger partial charge in [-0.05, 0) is 25.9 Å². The molecule has 1 N–H and O–H groups in total. The summed E-state index contributed by atoms with van der Waals surface area (Å²) in [6, 6.07) is 0. The summed E-state index contributed by atoms with van der Waals surface area (Å²) in [5.41, 5.74) is 0.145. The molecule has 0 radical (unpaired) electrons. The molecule has 17 heavy (non-hydrogen) atoms. The molecule has 1 aromatic heterocycles. The van der Waals surface area contributed by atoms with Crippen molar-refractivity contribution in [1.29, 1.82) is 0 Å². The minimum atomic E-state index is -0.979. The molecule has 0 saturated carbocycles. The van der Waals surface area contributed by atoms with E-state index in [0.717, 1.165) is 31.9 Å². The Morgan fingerprint density at radius 3 is 2.47 bits per heavy atom. The van der Waals surface area contributed by atoms with E-state index in [1.54, 1.807) is 0 Å². The van der Waals surface area contributed by atoms with Crippen LogP contribution < -0.4 is 0 Å². The molecule has 5 heteroatoms. The number of carboxylic acids is 1. The van der Waals surface area contributed by atoms with E-state index in [2.05, 4.69) is 14.9 Å². The Bertz CT molecular complexity index is 372. The number of hydrogen-bond donors (Lipinski definition) is 1. The minimum Gasteiger partial charge on any atom is -0.478 e. The first-order chi connectivity index (χ1) is 8.25. The predicted octanol–water partition coefficient (Wildman–Crippen LogP) is 1.20. The van der Waals surface area contributed by atoms with Gasteiger partial charge in [0.25, 0.3) is 0 Å². The number of rotatable bonds is 4. The number of likely N-dealkylation sites (tertiary alicyclic amines) is 1. The van der Waals surface area contributed by atoms with Crippen LogP contribution in [-0.4, -0.2) is 45.6 Å². The summed E-state index contributed by atoms with van der Waals surface area (Å²) in [6.07, 6.45) is 7.43. The Hall–Kier alpha value is -1.49. The van der Waals surface area contributed by atoms with Crippen molar-refractivity contribution in [3.8, 4) is 0 Å². The Morgan fingerprint density at radius 1 is 1.24 bits per heavy atom. The third-order valence-corrected chi connectivity index (χ3v) is 3.05. The SMILES string of the molecule is O=C(O)c1cnc(CCN2CCCCC2)nc1. The highest BCUT2D eigenvalue weighted by molar-refractivity contribution is 5.86. The van der Waals surface area contributed by atoms with E-state index in [1.165, 1.54) is 31.7 Å². The molecule has 2 heterocycles. The van der Waals surface area contributed by atoms with Crippen LogP contribution >= 0.6 is 0 Å². The van der Waals surface area contributed by atoms with E-state index < -0.39 is 5.97 Å². The molecule has 92 valence electrons. The standard InChI is InChI=1S/C12H17N3O2/c16-12(17)10-8-13-11(14-9-10)4-7-15-5-2-1-3-6-15/h8-9H,1-7H2,(H,16,17). The lowest BCUT2D eigenvalue weighted by Gasteiger charge is -2.25. The van der Waals surface area contributed by atoms with Gasteiger partial charge in [0, 0.05) is 25.4 Å². The zero-order valence-electron chi connectivity index (χ0n) is 9.80. The molecule has 0 bridgehead atoms. The van der Waals surface area contributed by atoms with Crippen LogP contribution in [0.5, 0.6) is 0 Å². The molecule has 0 amide bonds. The van der Waals surface area contributed by atoms with Crippen molar-refractivity contribution < 1.29 is 9.90 Å². The van der Waals surface area contributed by atoms with Crippen LogP contribution in [0.25, 0.3) is 0 Å². The highest BCUT2D eigenvalue weighted by atomic mass is 16.4. The molecule has 0 aliphatic carbocycles. The largest absolute Gasteiger partial charge is 0.478 e. The molecule has 1 fully saturated rings. The molecule has 1 aromatic rings. The van der Waals surface area contributed by atoms with Gasteiger partial charge in [-0.2, -0.15) is 0 Å². The van der Waals surface area contributed by atoms with Gasteiger partial charge < -0.3 is 10.0 Å². The summed E-state index contributed by atoms with van der Waals surface area (Å²) in [4.78, 5) is 21.2. The fourth-order valence-corrected chi connectivity index (χ4v) is 2.04. The summed E-state index contributed by atoms with van der Waals surface area (Å²) in [6.45, 7) is 3.28. The van der Waals surface area contributed by atoms with Crippen LogP contribution in [0.4, 0.5) is 0 Å². The highest BCUT2D eigenvalue weighted by Crippen LogP contribution is 2.08. The van der Waals surface area contributed by atoms with E-state index in [-0.39, 0.29) is 5.56 Å². The molecule has 0 aromatic carbocycles. The quantitative estimate of drug-likeness (QED) is 0.849. The van der Waals surface area contributed by atoms with E-state index in [9.17, 15) is 4.79 Å². The molecule has 0 atom stereocenters. The van der Waals surface area contributed by atoms with Crippen LogP contribution in [0, 0.1) is 0 Å². The van der Waals surface area contributed by atoms with Crippen LogP contribution in [0.1, 0.15) is 35.4 Å². The van der Waals surface area contributed by atoms with Crippen molar-refractivity contribution in [2.75, 3.05) is 19.6 Å². The van der Waals surface area contributed by atoms with Gasteiger partial charge in [0.2, 0.25) is 0 Å². The number of carboxylic acid groups (broad SMARTS) is 1. The second-order valence-corrected chi connectivity index (χ2v) is 4.35. The number of piperidine rings is 1. The summed E-state index contributed by atoms with van der Waals surface area (Å²) in [5.74, 6) is -0.256. The lowest BCUT2D eigenvalue weighted by Crippen LogP contribution is -2.31. The number of carbonyl (C=O) groups is 1. The molecule has 0 spiro atoms. The number of aromatic carboxylic acids is 1. The second-order valence-electron chi connectivity index (χ2n) is 4.35. The van der Waals surface area contributed by atoms with E-state index >= 15 is 0 Å². The molecule has 1 aliphatic heterocycles. The van der Waals surface area contributed by atoms with Gasteiger partial charge in [0.05, 0.1) is 5.56 Å². The monoisotopic (exact) mass is 235 g/mol. The lowest BCUT2D eigenvalue weighted by molar-refractivity contribution is 0.0696. The van der Waals surface area contributed by atoms with Crippen molar-refractivity contribution in [3.63, 3.8) is 0 Å². The molecule has 5 nitrogen and oxygen atoms in total. The van der Waals surface area contributed by atoms with Crippen molar-refractivity contribution in [1.82, 2.24) is 14.9 Å². The van der Waals surface area contributed by atoms with Crippen molar-refractivity contribution >= 4 is 5.97 Å². The first-order valence-corrected chi connectivity index (χ1v) is 6.02. The average molecular weight is 235 g/mol. The number of aromatic nitrogens is 2. The maximum Gasteiger partial charge on any atom is 0.338 e. The van der Waals surface area contributed by atoms with Gasteiger partial charge in [0.15, 0.2) is 0 Å². The zero-order valence-corrected chi connectivity index (χ0v) is 9.80. The van der Waals surface area contributed by atoms with E-state index in [4.69, 9.17) is 5.11 Å². The van der Waals surface area contributed by atoms with Gasteiger partial charge in [-0.1, -0.05) is 6.42 Å². The predicted molar refractivity (Wildman–Crippen MR) is 63.0 cm³/mol. The third kappa shape index (κ3) is 3.49. The average Bonchev–Trinajstić information content (AvgIpc) is 2.38. The number of nitrogens with zero attached hydrogens (tertiary/aromatic N) is 3. The summed E-state index contributed by atoms with van der Waals surface area (Å²) >= 11 is 0. The van der Waals surface area contributed by atoms with Gasteiger partial charge in [-0.15, -0.1) is 0 Å². The summed E-state index contributed by atoms with van der Waals surface area (Å²) in [5, 5.41) is 8.72. The van der Waals surface area contributed by atoms with Crippen molar-refractivity contribution in [2.45, 2.75) is 25.7 Å². The topological polar surface area (TPSA) is 66.3 Å². The van der Waals surface area contributed by atoms with Crippen LogP contribution in [0.2, 0.25) is 0 Å². The molecule has 1 saturated heterocycles. The first-order valence-electron chi connectivity index (χ1n) is 6.02. The Morgan fingerprint density at radius 2 is 1.88 bits per heavy atom. The van der Waals surface area contributed by atoms with Gasteiger partial charge in [0.1, 0.15) is 5.82 Å². The van der Waals surface area contributed by atoms with Gasteiger partial charge >= 0.3 is 5.97 Å². The van der Waals surface area contributed by atoms with Crippen molar-refractivity contribution in [2.24, 2.45) is 0 Å². The lowest BCUT2D eigenvalue weighted by atomic mass is 10.1. The fraction of sp³-hybridized carbons (Fsp3) is 0.583. The summed E-state index contributed by atoms with van der Waals surface area (Å²) < 4.78 is 0. The Balaban J connectivity index is 1.84. The molecule has 1 aliphatic rings. The summed E-state index contributed by atoms with van der Waals surface area (Å²) in [7, 11) is 0.